The Morgan fingerprint density at radius 3 is 2.64 bits per heavy atom. The Hall–Kier alpha value is -1.64. The van der Waals surface area contributed by atoms with E-state index in [-0.39, 0.29) is 11.5 Å². The lowest BCUT2D eigenvalue weighted by molar-refractivity contribution is 0.459. The first-order valence-electron chi connectivity index (χ1n) is 3.14. The molecule has 3 heteroatoms. The third-order valence-corrected chi connectivity index (χ3v) is 1.29. The monoisotopic (exact) mass is 151 g/mol. The van der Waals surface area contributed by atoms with Crippen molar-refractivity contribution in [3.8, 4) is 11.5 Å². The molecule has 0 amide bonds. The lowest BCUT2D eigenvalue weighted by Gasteiger charge is -1.98. The molecule has 1 rings (SSSR count). The van der Waals surface area contributed by atoms with E-state index in [1.165, 1.54) is 30.5 Å². The van der Waals surface area contributed by atoms with E-state index >= 15 is 0 Å². The molecule has 4 N–H and O–H groups in total. The molecule has 0 unspecified atom stereocenters. The topological polar surface area (TPSA) is 66.5 Å². The second-order valence-electron chi connectivity index (χ2n) is 2.10. The number of hydrogen-bond donors (Lipinski definition) is 3. The van der Waals surface area contributed by atoms with Crippen LogP contribution in [0.15, 0.2) is 24.4 Å². The van der Waals surface area contributed by atoms with Gasteiger partial charge >= 0.3 is 0 Å². The maximum atomic E-state index is 9.15. The molecule has 0 aliphatic rings. The van der Waals surface area contributed by atoms with Crippen LogP contribution in [0.3, 0.4) is 0 Å². The van der Waals surface area contributed by atoms with Crippen LogP contribution < -0.4 is 5.73 Å². The maximum Gasteiger partial charge on any atom is 0.123 e. The van der Waals surface area contributed by atoms with E-state index in [0.717, 1.165) is 0 Å². The molecule has 0 spiro atoms. The first-order valence-corrected chi connectivity index (χ1v) is 3.14. The van der Waals surface area contributed by atoms with Crippen molar-refractivity contribution in [2.75, 3.05) is 0 Å². The highest BCUT2D eigenvalue weighted by Crippen LogP contribution is 2.22. The number of rotatable bonds is 1. The van der Waals surface area contributed by atoms with Gasteiger partial charge in [-0.05, 0) is 30.5 Å². The van der Waals surface area contributed by atoms with Crippen LogP contribution in [0.1, 0.15) is 5.56 Å². The fourth-order valence-electron chi connectivity index (χ4n) is 0.779. The number of phenols is 2. The molecule has 58 valence electrons. The molecule has 0 radical (unpaired) electrons. The zero-order chi connectivity index (χ0) is 8.27. The standard InChI is InChI=1S/C8H9NO2/c9-4-3-6-5-7(10)1-2-8(6)11/h1-5,10-11H,9H2. The average molecular weight is 151 g/mol. The number of benzene rings is 1. The SMILES string of the molecule is NC=Cc1cc(O)ccc1O. The summed E-state index contributed by atoms with van der Waals surface area (Å²) in [5.41, 5.74) is 5.61. The number of nitrogens with two attached hydrogens (primary N) is 1. The van der Waals surface area contributed by atoms with Gasteiger partial charge in [-0.3, -0.25) is 0 Å². The summed E-state index contributed by atoms with van der Waals surface area (Å²) in [6.07, 6.45) is 2.81. The molecule has 3 nitrogen and oxygen atoms in total. The fourth-order valence-corrected chi connectivity index (χ4v) is 0.779. The van der Waals surface area contributed by atoms with Crippen LogP contribution in [-0.2, 0) is 0 Å². The summed E-state index contributed by atoms with van der Waals surface area (Å²) in [6, 6.07) is 4.24. The Morgan fingerprint density at radius 2 is 2.00 bits per heavy atom. The number of hydrogen-bond acceptors (Lipinski definition) is 3. The maximum absolute atomic E-state index is 9.15. The molecular weight excluding hydrogens is 142 g/mol. The van der Waals surface area contributed by atoms with Crippen LogP contribution in [-0.4, -0.2) is 10.2 Å². The molecule has 0 fully saturated rings. The van der Waals surface area contributed by atoms with Crippen molar-refractivity contribution in [3.05, 3.63) is 30.0 Å². The van der Waals surface area contributed by atoms with Crippen LogP contribution in [0.4, 0.5) is 0 Å². The zero-order valence-electron chi connectivity index (χ0n) is 5.86. The molecule has 0 atom stereocenters. The summed E-state index contributed by atoms with van der Waals surface area (Å²) in [5, 5.41) is 18.1. The molecule has 11 heavy (non-hydrogen) atoms. The van der Waals surface area contributed by atoms with Crippen molar-refractivity contribution in [2.45, 2.75) is 0 Å². The molecular formula is C8H9NO2. The number of phenolic OH excluding ortho intramolecular Hbond substituents is 2. The first kappa shape index (κ1) is 7.47. The smallest absolute Gasteiger partial charge is 0.123 e. The van der Waals surface area contributed by atoms with E-state index in [0.29, 0.717) is 5.56 Å². The first-order chi connectivity index (χ1) is 5.24. The third kappa shape index (κ3) is 1.64. The lowest BCUT2D eigenvalue weighted by Crippen LogP contribution is -1.78. The van der Waals surface area contributed by atoms with Gasteiger partial charge in [-0.2, -0.15) is 0 Å². The Balaban J connectivity index is 3.12. The summed E-state index contributed by atoms with van der Waals surface area (Å²) in [6.45, 7) is 0. The quantitative estimate of drug-likeness (QED) is 0.525. The molecule has 0 heterocycles. The van der Waals surface area contributed by atoms with E-state index < -0.39 is 0 Å². The van der Waals surface area contributed by atoms with Gasteiger partial charge in [-0.25, -0.2) is 0 Å². The van der Waals surface area contributed by atoms with Crippen molar-refractivity contribution in [1.82, 2.24) is 0 Å². The van der Waals surface area contributed by atoms with E-state index in [9.17, 15) is 0 Å². The molecule has 0 aromatic heterocycles. The average Bonchev–Trinajstić information content (AvgIpc) is 1.98. The second-order valence-corrected chi connectivity index (χ2v) is 2.10. The lowest BCUT2D eigenvalue weighted by atomic mass is 10.2. The highest BCUT2D eigenvalue weighted by Gasteiger charge is 1.96. The van der Waals surface area contributed by atoms with Crippen molar-refractivity contribution < 1.29 is 10.2 Å². The Bertz CT molecular complexity index is 281. The van der Waals surface area contributed by atoms with Crippen molar-refractivity contribution in [1.29, 1.82) is 0 Å². The predicted molar refractivity (Wildman–Crippen MR) is 43.0 cm³/mol. The summed E-state index contributed by atoms with van der Waals surface area (Å²) in [7, 11) is 0. The summed E-state index contributed by atoms with van der Waals surface area (Å²) >= 11 is 0. The zero-order valence-corrected chi connectivity index (χ0v) is 5.86. The van der Waals surface area contributed by atoms with Crippen LogP contribution in [0.25, 0.3) is 6.08 Å². The van der Waals surface area contributed by atoms with Gasteiger partial charge in [0.15, 0.2) is 0 Å². The van der Waals surface area contributed by atoms with Gasteiger partial charge < -0.3 is 15.9 Å². The van der Waals surface area contributed by atoms with E-state index in [1.54, 1.807) is 0 Å². The van der Waals surface area contributed by atoms with Gasteiger partial charge in [0.1, 0.15) is 11.5 Å². The van der Waals surface area contributed by atoms with E-state index in [2.05, 4.69) is 0 Å². The van der Waals surface area contributed by atoms with Crippen molar-refractivity contribution >= 4 is 6.08 Å². The normalized spacial score (nSPS) is 10.5. The minimum Gasteiger partial charge on any atom is -0.508 e. The molecule has 1 aromatic rings. The van der Waals surface area contributed by atoms with Gasteiger partial charge in [0, 0.05) is 5.56 Å². The van der Waals surface area contributed by atoms with Gasteiger partial charge in [0.05, 0.1) is 0 Å². The van der Waals surface area contributed by atoms with Crippen molar-refractivity contribution in [2.24, 2.45) is 5.73 Å². The molecule has 0 aliphatic carbocycles. The molecule has 0 aliphatic heterocycles. The summed E-state index contributed by atoms with van der Waals surface area (Å²) in [5.74, 6) is 0.209. The summed E-state index contributed by atoms with van der Waals surface area (Å²) < 4.78 is 0. The van der Waals surface area contributed by atoms with Gasteiger partial charge in [0.25, 0.3) is 0 Å². The van der Waals surface area contributed by atoms with Gasteiger partial charge in [-0.1, -0.05) is 0 Å². The van der Waals surface area contributed by atoms with Crippen LogP contribution in [0, 0.1) is 0 Å². The third-order valence-electron chi connectivity index (χ3n) is 1.29. The second kappa shape index (κ2) is 2.96. The Morgan fingerprint density at radius 1 is 1.27 bits per heavy atom. The number of aromatic hydroxyl groups is 2. The Labute approximate surface area is 64.4 Å². The minimum absolute atomic E-state index is 0.101. The fraction of sp³-hybridized carbons (Fsp3) is 0. The van der Waals surface area contributed by atoms with E-state index in [4.69, 9.17) is 15.9 Å². The van der Waals surface area contributed by atoms with Crippen LogP contribution in [0.2, 0.25) is 0 Å². The van der Waals surface area contributed by atoms with E-state index in [1.807, 2.05) is 0 Å². The van der Waals surface area contributed by atoms with Gasteiger partial charge in [0.2, 0.25) is 0 Å². The molecule has 0 bridgehead atoms. The molecule has 1 aromatic carbocycles. The highest BCUT2D eigenvalue weighted by molar-refractivity contribution is 5.58. The molecule has 0 saturated carbocycles. The summed E-state index contributed by atoms with van der Waals surface area (Å²) in [4.78, 5) is 0. The minimum atomic E-state index is 0.101. The van der Waals surface area contributed by atoms with Gasteiger partial charge in [-0.15, -0.1) is 0 Å². The van der Waals surface area contributed by atoms with Crippen molar-refractivity contribution in [3.63, 3.8) is 0 Å². The predicted octanol–water partition coefficient (Wildman–Crippen LogP) is 1.03. The highest BCUT2D eigenvalue weighted by atomic mass is 16.3. The molecule has 0 saturated heterocycles. The Kier molecular flexibility index (Phi) is 2.01. The van der Waals surface area contributed by atoms with Crippen LogP contribution in [0.5, 0.6) is 11.5 Å². The largest absolute Gasteiger partial charge is 0.508 e. The van der Waals surface area contributed by atoms with Crippen LogP contribution >= 0.6 is 0 Å².